The van der Waals surface area contributed by atoms with Crippen LogP contribution in [0.3, 0.4) is 0 Å². The molecular formula is C20H21ClN2O3. The Morgan fingerprint density at radius 2 is 1.96 bits per heavy atom. The first-order valence-corrected chi connectivity index (χ1v) is 9.00. The summed E-state index contributed by atoms with van der Waals surface area (Å²) in [5.74, 6) is 0.101. The number of halogens is 1. The van der Waals surface area contributed by atoms with Gasteiger partial charge in [0.1, 0.15) is 5.75 Å². The average molecular weight is 373 g/mol. The summed E-state index contributed by atoms with van der Waals surface area (Å²) in [6.45, 7) is 3.19. The molecule has 0 saturated carbocycles. The lowest BCUT2D eigenvalue weighted by atomic mass is 10.1. The molecule has 1 aliphatic rings. The Labute approximate surface area is 157 Å². The van der Waals surface area contributed by atoms with Gasteiger partial charge in [0.15, 0.2) is 0 Å². The van der Waals surface area contributed by atoms with Gasteiger partial charge in [-0.05, 0) is 36.8 Å². The van der Waals surface area contributed by atoms with Gasteiger partial charge in [-0.15, -0.1) is 0 Å². The van der Waals surface area contributed by atoms with E-state index < -0.39 is 0 Å². The third kappa shape index (κ3) is 4.17. The van der Waals surface area contributed by atoms with Crippen LogP contribution in [0.15, 0.2) is 48.5 Å². The van der Waals surface area contributed by atoms with Crippen molar-refractivity contribution in [1.82, 2.24) is 5.32 Å². The Kier molecular flexibility index (Phi) is 5.78. The zero-order valence-corrected chi connectivity index (χ0v) is 15.3. The Hall–Kier alpha value is -2.53. The maximum atomic E-state index is 12.5. The normalized spacial score (nSPS) is 16.6. The summed E-state index contributed by atoms with van der Waals surface area (Å²) in [5, 5.41) is 3.56. The first kappa shape index (κ1) is 18.3. The number of carbonyl (C=O) groups excluding carboxylic acids is 2. The quantitative estimate of drug-likeness (QED) is 0.845. The van der Waals surface area contributed by atoms with E-state index in [1.807, 2.05) is 43.3 Å². The zero-order chi connectivity index (χ0) is 18.5. The number of hydrogen-bond acceptors (Lipinski definition) is 3. The molecular weight excluding hydrogens is 352 g/mol. The highest BCUT2D eigenvalue weighted by molar-refractivity contribution is 6.30. The van der Waals surface area contributed by atoms with Gasteiger partial charge in [-0.2, -0.15) is 0 Å². The minimum Gasteiger partial charge on any atom is -0.492 e. The molecule has 1 aliphatic heterocycles. The number of nitrogens with zero attached hydrogens (tertiary/aromatic N) is 1. The van der Waals surface area contributed by atoms with E-state index in [4.69, 9.17) is 16.3 Å². The van der Waals surface area contributed by atoms with Crippen molar-refractivity contribution in [2.45, 2.75) is 19.9 Å². The molecule has 0 spiro atoms. The van der Waals surface area contributed by atoms with Crippen molar-refractivity contribution in [2.75, 3.05) is 18.1 Å². The Bertz CT molecular complexity index is 792. The maximum Gasteiger partial charge on any atom is 0.227 e. The number of benzene rings is 2. The Morgan fingerprint density at radius 1 is 1.23 bits per heavy atom. The van der Waals surface area contributed by atoms with Crippen LogP contribution in [-0.2, 0) is 16.1 Å². The van der Waals surface area contributed by atoms with Crippen LogP contribution < -0.4 is 15.0 Å². The van der Waals surface area contributed by atoms with Gasteiger partial charge in [0, 0.05) is 24.5 Å². The molecule has 1 N–H and O–H groups in total. The number of amides is 2. The molecule has 2 amide bonds. The predicted molar refractivity (Wildman–Crippen MR) is 101 cm³/mol. The lowest BCUT2D eigenvalue weighted by Crippen LogP contribution is -2.32. The Morgan fingerprint density at radius 3 is 2.69 bits per heavy atom. The minimum absolute atomic E-state index is 0.0659. The van der Waals surface area contributed by atoms with Gasteiger partial charge in [-0.25, -0.2) is 0 Å². The van der Waals surface area contributed by atoms with Crippen LogP contribution in [0, 0.1) is 5.92 Å². The SMILES string of the molecule is CCOc1ccccc1N1CC(C(=O)NCc2ccc(Cl)cc2)CC1=O. The summed E-state index contributed by atoms with van der Waals surface area (Å²) < 4.78 is 5.60. The third-order valence-electron chi connectivity index (χ3n) is 4.33. The topological polar surface area (TPSA) is 58.6 Å². The van der Waals surface area contributed by atoms with E-state index >= 15 is 0 Å². The summed E-state index contributed by atoms with van der Waals surface area (Å²) in [6, 6.07) is 14.7. The van der Waals surface area contributed by atoms with Crippen LogP contribution in [0.4, 0.5) is 5.69 Å². The molecule has 2 aromatic rings. The molecule has 6 heteroatoms. The number of carbonyl (C=O) groups is 2. The van der Waals surface area contributed by atoms with Crippen LogP contribution >= 0.6 is 11.6 Å². The second-order valence-electron chi connectivity index (χ2n) is 6.15. The van der Waals surface area contributed by atoms with E-state index in [9.17, 15) is 9.59 Å². The number of para-hydroxylation sites is 2. The number of hydrogen-bond donors (Lipinski definition) is 1. The Balaban J connectivity index is 1.64. The van der Waals surface area contributed by atoms with Crippen LogP contribution in [-0.4, -0.2) is 25.0 Å². The van der Waals surface area contributed by atoms with E-state index in [1.54, 1.807) is 17.0 Å². The lowest BCUT2D eigenvalue weighted by molar-refractivity contribution is -0.126. The largest absolute Gasteiger partial charge is 0.492 e. The first-order chi connectivity index (χ1) is 12.6. The highest BCUT2D eigenvalue weighted by atomic mass is 35.5. The van der Waals surface area contributed by atoms with Crippen LogP contribution in [0.5, 0.6) is 5.75 Å². The van der Waals surface area contributed by atoms with Gasteiger partial charge in [-0.3, -0.25) is 9.59 Å². The van der Waals surface area contributed by atoms with Gasteiger partial charge < -0.3 is 15.0 Å². The second kappa shape index (κ2) is 8.23. The molecule has 1 fully saturated rings. The van der Waals surface area contributed by atoms with Crippen molar-refractivity contribution in [3.63, 3.8) is 0 Å². The van der Waals surface area contributed by atoms with Crippen molar-refractivity contribution in [2.24, 2.45) is 5.92 Å². The molecule has 5 nitrogen and oxygen atoms in total. The fourth-order valence-electron chi connectivity index (χ4n) is 3.01. The van der Waals surface area contributed by atoms with E-state index in [0.29, 0.717) is 36.2 Å². The zero-order valence-electron chi connectivity index (χ0n) is 14.6. The molecule has 0 aromatic heterocycles. The van der Waals surface area contributed by atoms with Crippen LogP contribution in [0.25, 0.3) is 0 Å². The summed E-state index contributed by atoms with van der Waals surface area (Å²) in [4.78, 5) is 26.5. The summed E-state index contributed by atoms with van der Waals surface area (Å²) >= 11 is 5.86. The monoisotopic (exact) mass is 372 g/mol. The minimum atomic E-state index is -0.371. The number of ether oxygens (including phenoxy) is 1. The van der Waals surface area contributed by atoms with E-state index in [2.05, 4.69) is 5.32 Å². The second-order valence-corrected chi connectivity index (χ2v) is 6.59. The van der Waals surface area contributed by atoms with Crippen molar-refractivity contribution in [3.05, 3.63) is 59.1 Å². The predicted octanol–water partition coefficient (Wildman–Crippen LogP) is 3.41. The molecule has 0 bridgehead atoms. The molecule has 1 unspecified atom stereocenters. The lowest BCUT2D eigenvalue weighted by Gasteiger charge is -2.20. The number of rotatable bonds is 6. The number of nitrogens with one attached hydrogen (secondary N) is 1. The molecule has 0 aliphatic carbocycles. The summed E-state index contributed by atoms with van der Waals surface area (Å²) in [5.41, 5.74) is 1.68. The summed E-state index contributed by atoms with van der Waals surface area (Å²) in [6.07, 6.45) is 0.201. The van der Waals surface area contributed by atoms with Gasteiger partial charge in [0.2, 0.25) is 11.8 Å². The van der Waals surface area contributed by atoms with Gasteiger partial charge in [-0.1, -0.05) is 35.9 Å². The van der Waals surface area contributed by atoms with Gasteiger partial charge >= 0.3 is 0 Å². The van der Waals surface area contributed by atoms with E-state index in [-0.39, 0.29) is 24.2 Å². The molecule has 3 rings (SSSR count). The number of anilines is 1. The van der Waals surface area contributed by atoms with Crippen LogP contribution in [0.1, 0.15) is 18.9 Å². The molecule has 2 aromatic carbocycles. The molecule has 1 atom stereocenters. The maximum absolute atomic E-state index is 12.5. The van der Waals surface area contributed by atoms with Crippen LogP contribution in [0.2, 0.25) is 5.02 Å². The first-order valence-electron chi connectivity index (χ1n) is 8.63. The van der Waals surface area contributed by atoms with Crippen molar-refractivity contribution in [3.8, 4) is 5.75 Å². The highest BCUT2D eigenvalue weighted by Crippen LogP contribution is 2.33. The van der Waals surface area contributed by atoms with Crippen molar-refractivity contribution >= 4 is 29.1 Å². The fourth-order valence-corrected chi connectivity index (χ4v) is 3.14. The van der Waals surface area contributed by atoms with Gasteiger partial charge in [0.25, 0.3) is 0 Å². The molecule has 26 heavy (non-hydrogen) atoms. The van der Waals surface area contributed by atoms with E-state index in [0.717, 1.165) is 5.56 Å². The highest BCUT2D eigenvalue weighted by Gasteiger charge is 2.36. The standard InChI is InChI=1S/C20H21ClN2O3/c1-2-26-18-6-4-3-5-17(18)23-13-15(11-19(23)24)20(25)22-12-14-7-9-16(21)10-8-14/h3-10,15H,2,11-13H2,1H3,(H,22,25). The smallest absolute Gasteiger partial charge is 0.227 e. The van der Waals surface area contributed by atoms with Crippen molar-refractivity contribution < 1.29 is 14.3 Å². The molecule has 1 saturated heterocycles. The fraction of sp³-hybridized carbons (Fsp3) is 0.300. The van der Waals surface area contributed by atoms with Gasteiger partial charge in [0.05, 0.1) is 18.2 Å². The third-order valence-corrected chi connectivity index (χ3v) is 4.58. The van der Waals surface area contributed by atoms with Crippen molar-refractivity contribution in [1.29, 1.82) is 0 Å². The average Bonchev–Trinajstić information content (AvgIpc) is 3.03. The molecule has 136 valence electrons. The summed E-state index contributed by atoms with van der Waals surface area (Å²) in [7, 11) is 0. The van der Waals surface area contributed by atoms with E-state index in [1.165, 1.54) is 0 Å². The molecule has 1 heterocycles. The molecule has 0 radical (unpaired) electrons.